The van der Waals surface area contributed by atoms with Crippen molar-refractivity contribution in [3.8, 4) is 0 Å². The molecule has 2 nitrogen and oxygen atoms in total. The molecular formula is C16H19NOS. The van der Waals surface area contributed by atoms with E-state index in [0.717, 1.165) is 17.0 Å². The fourth-order valence-corrected chi connectivity index (χ4v) is 2.98. The molecule has 0 aliphatic rings. The van der Waals surface area contributed by atoms with Crippen molar-refractivity contribution in [3.63, 3.8) is 0 Å². The first-order valence-electron chi connectivity index (χ1n) is 6.30. The van der Waals surface area contributed by atoms with Crippen LogP contribution in [0.4, 0.5) is 0 Å². The Kier molecular flexibility index (Phi) is 5.02. The number of aliphatic hydroxyl groups excluding tert-OH is 1. The summed E-state index contributed by atoms with van der Waals surface area (Å²) in [6.07, 6.45) is 0. The molecule has 0 heterocycles. The van der Waals surface area contributed by atoms with E-state index < -0.39 is 0 Å². The first kappa shape index (κ1) is 14.1. The number of hydrogen-bond donors (Lipinski definition) is 1. The van der Waals surface area contributed by atoms with Gasteiger partial charge in [0.15, 0.2) is 0 Å². The quantitative estimate of drug-likeness (QED) is 0.903. The third kappa shape index (κ3) is 3.83. The second-order valence-electron chi connectivity index (χ2n) is 4.71. The van der Waals surface area contributed by atoms with Gasteiger partial charge in [0.1, 0.15) is 0 Å². The summed E-state index contributed by atoms with van der Waals surface area (Å²) < 4.78 is 0. The highest BCUT2D eigenvalue weighted by Gasteiger charge is 2.07. The van der Waals surface area contributed by atoms with E-state index in [1.54, 1.807) is 11.8 Å². The van der Waals surface area contributed by atoms with Crippen molar-refractivity contribution in [2.75, 3.05) is 14.1 Å². The van der Waals surface area contributed by atoms with Crippen LogP contribution in [0.3, 0.4) is 0 Å². The van der Waals surface area contributed by atoms with Crippen LogP contribution in [0.2, 0.25) is 0 Å². The third-order valence-electron chi connectivity index (χ3n) is 2.82. The first-order valence-corrected chi connectivity index (χ1v) is 7.11. The normalized spacial score (nSPS) is 10.9. The van der Waals surface area contributed by atoms with Gasteiger partial charge in [-0.1, -0.05) is 48.2 Å². The van der Waals surface area contributed by atoms with Crippen LogP contribution in [0.25, 0.3) is 0 Å². The number of rotatable bonds is 5. The van der Waals surface area contributed by atoms with Gasteiger partial charge in [0.05, 0.1) is 6.61 Å². The molecule has 2 rings (SSSR count). The summed E-state index contributed by atoms with van der Waals surface area (Å²) in [6, 6.07) is 16.4. The summed E-state index contributed by atoms with van der Waals surface area (Å²) in [5.74, 6) is 0. The molecular weight excluding hydrogens is 254 g/mol. The van der Waals surface area contributed by atoms with Gasteiger partial charge in [-0.3, -0.25) is 0 Å². The number of nitrogens with zero attached hydrogens (tertiary/aromatic N) is 1. The molecule has 0 fully saturated rings. The molecule has 0 saturated carbocycles. The minimum Gasteiger partial charge on any atom is -0.392 e. The Labute approximate surface area is 119 Å². The van der Waals surface area contributed by atoms with E-state index >= 15 is 0 Å². The highest BCUT2D eigenvalue weighted by Crippen LogP contribution is 2.33. The van der Waals surface area contributed by atoms with Crippen LogP contribution in [0.5, 0.6) is 0 Å². The number of aliphatic hydroxyl groups is 1. The van der Waals surface area contributed by atoms with Crippen molar-refractivity contribution >= 4 is 11.8 Å². The fourth-order valence-electron chi connectivity index (χ4n) is 1.93. The smallest absolute Gasteiger partial charge is 0.0692 e. The predicted octanol–water partition coefficient (Wildman–Crippen LogP) is 3.39. The molecule has 0 spiro atoms. The molecule has 3 heteroatoms. The van der Waals surface area contributed by atoms with E-state index in [0.29, 0.717) is 0 Å². The highest BCUT2D eigenvalue weighted by atomic mass is 32.2. The van der Waals surface area contributed by atoms with Crippen molar-refractivity contribution in [2.45, 2.75) is 22.9 Å². The van der Waals surface area contributed by atoms with E-state index in [9.17, 15) is 5.11 Å². The molecule has 19 heavy (non-hydrogen) atoms. The Morgan fingerprint density at radius 3 is 2.00 bits per heavy atom. The Morgan fingerprint density at radius 1 is 0.895 bits per heavy atom. The van der Waals surface area contributed by atoms with Crippen molar-refractivity contribution in [1.82, 2.24) is 4.90 Å². The average Bonchev–Trinajstić information content (AvgIpc) is 2.41. The van der Waals surface area contributed by atoms with Gasteiger partial charge in [-0.25, -0.2) is 0 Å². The number of hydrogen-bond acceptors (Lipinski definition) is 3. The molecule has 0 bridgehead atoms. The largest absolute Gasteiger partial charge is 0.392 e. The Balaban J connectivity index is 2.27. The van der Waals surface area contributed by atoms with Crippen LogP contribution in [-0.4, -0.2) is 24.1 Å². The molecule has 0 radical (unpaired) electrons. The van der Waals surface area contributed by atoms with Crippen LogP contribution in [0.15, 0.2) is 58.3 Å². The van der Waals surface area contributed by atoms with E-state index in [-0.39, 0.29) is 6.61 Å². The summed E-state index contributed by atoms with van der Waals surface area (Å²) in [4.78, 5) is 4.53. The molecule has 2 aromatic rings. The lowest BCUT2D eigenvalue weighted by molar-refractivity contribution is 0.279. The van der Waals surface area contributed by atoms with Gasteiger partial charge in [0.25, 0.3) is 0 Å². The van der Waals surface area contributed by atoms with E-state index in [2.05, 4.69) is 49.3 Å². The molecule has 1 N–H and O–H groups in total. The molecule has 0 aliphatic carbocycles. The van der Waals surface area contributed by atoms with Crippen molar-refractivity contribution in [3.05, 3.63) is 59.7 Å². The second kappa shape index (κ2) is 6.75. The summed E-state index contributed by atoms with van der Waals surface area (Å²) in [5, 5.41) is 9.39. The SMILES string of the molecule is CN(C)Cc1ccccc1Sc1ccccc1CO. The van der Waals surface area contributed by atoms with Gasteiger partial charge in [0, 0.05) is 16.3 Å². The molecule has 2 aromatic carbocycles. The van der Waals surface area contributed by atoms with E-state index in [1.165, 1.54) is 10.5 Å². The summed E-state index contributed by atoms with van der Waals surface area (Å²) in [6.45, 7) is 1.00. The summed E-state index contributed by atoms with van der Waals surface area (Å²) in [7, 11) is 4.15. The van der Waals surface area contributed by atoms with Gasteiger partial charge in [-0.15, -0.1) is 0 Å². The average molecular weight is 273 g/mol. The minimum atomic E-state index is 0.0824. The lowest BCUT2D eigenvalue weighted by Gasteiger charge is -2.14. The van der Waals surface area contributed by atoms with E-state index in [4.69, 9.17) is 0 Å². The Bertz CT molecular complexity index is 540. The van der Waals surface area contributed by atoms with Crippen molar-refractivity contribution < 1.29 is 5.11 Å². The van der Waals surface area contributed by atoms with Crippen molar-refractivity contribution in [2.24, 2.45) is 0 Å². The Hall–Kier alpha value is -1.29. The lowest BCUT2D eigenvalue weighted by Crippen LogP contribution is -2.11. The van der Waals surface area contributed by atoms with Gasteiger partial charge >= 0.3 is 0 Å². The van der Waals surface area contributed by atoms with Crippen LogP contribution in [-0.2, 0) is 13.2 Å². The minimum absolute atomic E-state index is 0.0824. The molecule has 100 valence electrons. The second-order valence-corrected chi connectivity index (χ2v) is 5.80. The van der Waals surface area contributed by atoms with Gasteiger partial charge < -0.3 is 10.0 Å². The lowest BCUT2D eigenvalue weighted by atomic mass is 10.2. The Morgan fingerprint density at radius 2 is 1.42 bits per heavy atom. The maximum atomic E-state index is 9.39. The van der Waals surface area contributed by atoms with Crippen molar-refractivity contribution in [1.29, 1.82) is 0 Å². The molecule has 0 amide bonds. The maximum Gasteiger partial charge on any atom is 0.0692 e. The first-order chi connectivity index (χ1) is 9.20. The van der Waals surface area contributed by atoms with Crippen LogP contribution in [0.1, 0.15) is 11.1 Å². The van der Waals surface area contributed by atoms with Crippen LogP contribution in [0, 0.1) is 0 Å². The molecule has 0 aliphatic heterocycles. The summed E-state index contributed by atoms with van der Waals surface area (Å²) in [5.41, 5.74) is 2.29. The molecule has 0 atom stereocenters. The molecule has 0 saturated heterocycles. The number of benzene rings is 2. The zero-order valence-corrected chi connectivity index (χ0v) is 12.2. The topological polar surface area (TPSA) is 23.5 Å². The van der Waals surface area contributed by atoms with Gasteiger partial charge in [-0.05, 0) is 37.4 Å². The van der Waals surface area contributed by atoms with Crippen LogP contribution < -0.4 is 0 Å². The molecule has 0 unspecified atom stereocenters. The zero-order valence-electron chi connectivity index (χ0n) is 11.3. The summed E-state index contributed by atoms with van der Waals surface area (Å²) >= 11 is 1.72. The van der Waals surface area contributed by atoms with Crippen LogP contribution >= 0.6 is 11.8 Å². The predicted molar refractivity (Wildman–Crippen MR) is 80.3 cm³/mol. The molecule has 0 aromatic heterocycles. The fraction of sp³-hybridized carbons (Fsp3) is 0.250. The standard InChI is InChI=1S/C16H19NOS/c1-17(2)11-13-7-3-5-9-15(13)19-16-10-6-4-8-14(16)12-18/h3-10,18H,11-12H2,1-2H3. The van der Waals surface area contributed by atoms with Gasteiger partial charge in [-0.2, -0.15) is 0 Å². The van der Waals surface area contributed by atoms with E-state index in [1.807, 2.05) is 18.2 Å². The monoisotopic (exact) mass is 273 g/mol. The van der Waals surface area contributed by atoms with Gasteiger partial charge in [0.2, 0.25) is 0 Å². The third-order valence-corrected chi connectivity index (χ3v) is 4.06. The maximum absolute atomic E-state index is 9.39. The highest BCUT2D eigenvalue weighted by molar-refractivity contribution is 7.99. The zero-order chi connectivity index (χ0) is 13.7.